The highest BCUT2D eigenvalue weighted by atomic mass is 16.6. The molecule has 2 aliphatic rings. The summed E-state index contributed by atoms with van der Waals surface area (Å²) in [5.74, 6) is -0.242. The Morgan fingerprint density at radius 1 is 1.17 bits per heavy atom. The van der Waals surface area contributed by atoms with E-state index in [-0.39, 0.29) is 18.6 Å². The minimum Gasteiger partial charge on any atom is -0.396 e. The van der Waals surface area contributed by atoms with Crippen LogP contribution in [0.25, 0.3) is 0 Å². The Kier molecular flexibility index (Phi) is 1.85. The lowest BCUT2D eigenvalue weighted by Gasteiger charge is -2.29. The van der Waals surface area contributed by atoms with Crippen molar-refractivity contribution in [2.75, 3.05) is 6.61 Å². The predicted molar refractivity (Wildman–Crippen MR) is 39.2 cm³/mol. The Morgan fingerprint density at radius 2 is 1.75 bits per heavy atom. The molecular weight excluding hydrogens is 162 g/mol. The fourth-order valence-electron chi connectivity index (χ4n) is 2.09. The molecule has 2 saturated heterocycles. The van der Waals surface area contributed by atoms with Crippen LogP contribution in [-0.2, 0) is 4.74 Å². The molecular formula is C7H13NO4. The number of hydrogen-bond donors (Lipinski definition) is 4. The first kappa shape index (κ1) is 8.40. The lowest BCUT2D eigenvalue weighted by Crippen LogP contribution is -2.54. The van der Waals surface area contributed by atoms with Gasteiger partial charge in [0, 0.05) is 12.0 Å². The van der Waals surface area contributed by atoms with Crippen LogP contribution in [0.5, 0.6) is 0 Å². The van der Waals surface area contributed by atoms with Crippen molar-refractivity contribution < 1.29 is 20.1 Å². The van der Waals surface area contributed by atoms with Crippen molar-refractivity contribution in [2.45, 2.75) is 30.5 Å². The molecule has 2 aliphatic heterocycles. The van der Waals surface area contributed by atoms with E-state index in [4.69, 9.17) is 15.6 Å². The lowest BCUT2D eigenvalue weighted by molar-refractivity contribution is -0.0188. The summed E-state index contributed by atoms with van der Waals surface area (Å²) in [6.07, 6.45) is -2.80. The molecule has 0 spiro atoms. The third-order valence-electron chi connectivity index (χ3n) is 2.84. The Hall–Kier alpha value is -0.200. The van der Waals surface area contributed by atoms with Gasteiger partial charge in [0.25, 0.3) is 0 Å². The first-order valence-corrected chi connectivity index (χ1v) is 4.05. The summed E-state index contributed by atoms with van der Waals surface area (Å²) >= 11 is 0. The largest absolute Gasteiger partial charge is 0.396 e. The van der Waals surface area contributed by atoms with Crippen LogP contribution in [0.3, 0.4) is 0 Å². The summed E-state index contributed by atoms with van der Waals surface area (Å²) in [5, 5.41) is 27.6. The Bertz CT molecular complexity index is 186. The minimum atomic E-state index is -0.896. The van der Waals surface area contributed by atoms with Gasteiger partial charge in [0.1, 0.15) is 18.3 Å². The van der Waals surface area contributed by atoms with Crippen LogP contribution in [0.2, 0.25) is 0 Å². The van der Waals surface area contributed by atoms with E-state index in [1.807, 2.05) is 0 Å². The molecule has 12 heavy (non-hydrogen) atoms. The zero-order valence-corrected chi connectivity index (χ0v) is 6.50. The van der Waals surface area contributed by atoms with E-state index in [1.165, 1.54) is 0 Å². The second-order valence-electron chi connectivity index (χ2n) is 3.47. The van der Waals surface area contributed by atoms with Crippen LogP contribution in [0.1, 0.15) is 0 Å². The first-order valence-electron chi connectivity index (χ1n) is 4.05. The molecule has 0 saturated carbocycles. The summed E-state index contributed by atoms with van der Waals surface area (Å²) in [7, 11) is 0. The molecule has 0 radical (unpaired) electrons. The quantitative estimate of drug-likeness (QED) is 0.351. The van der Waals surface area contributed by atoms with Crippen molar-refractivity contribution in [3.63, 3.8) is 0 Å². The first-order chi connectivity index (χ1) is 5.66. The average molecular weight is 175 g/mol. The van der Waals surface area contributed by atoms with Gasteiger partial charge >= 0.3 is 0 Å². The molecule has 5 N–H and O–H groups in total. The van der Waals surface area contributed by atoms with Crippen molar-refractivity contribution in [3.8, 4) is 0 Å². The number of rotatable bonds is 1. The van der Waals surface area contributed by atoms with Crippen LogP contribution >= 0.6 is 0 Å². The molecule has 2 fully saturated rings. The molecule has 0 aromatic heterocycles. The van der Waals surface area contributed by atoms with Crippen LogP contribution in [0.15, 0.2) is 0 Å². The Labute approximate surface area is 69.8 Å². The van der Waals surface area contributed by atoms with E-state index in [0.29, 0.717) is 0 Å². The number of aliphatic hydroxyl groups is 3. The lowest BCUT2D eigenvalue weighted by atomic mass is 9.82. The van der Waals surface area contributed by atoms with E-state index in [1.54, 1.807) is 0 Å². The number of fused-ring (bicyclic) bond motifs is 2. The van der Waals surface area contributed by atoms with Gasteiger partial charge in [-0.15, -0.1) is 0 Å². The average Bonchev–Trinajstić information content (AvgIpc) is 2.51. The SMILES string of the molecule is N[C@H]1[C@@H](CO)[C@H]2O[C@@H]1[C@H](O)[C@H]2O. The van der Waals surface area contributed by atoms with Crippen molar-refractivity contribution in [1.29, 1.82) is 0 Å². The molecule has 6 atom stereocenters. The van der Waals surface area contributed by atoms with Crippen molar-refractivity contribution in [3.05, 3.63) is 0 Å². The summed E-state index contributed by atoms with van der Waals surface area (Å²) in [5.41, 5.74) is 5.67. The number of ether oxygens (including phenoxy) is 1. The third kappa shape index (κ3) is 0.855. The van der Waals surface area contributed by atoms with E-state index >= 15 is 0 Å². The Morgan fingerprint density at radius 3 is 2.25 bits per heavy atom. The molecule has 2 rings (SSSR count). The second kappa shape index (κ2) is 2.65. The molecule has 2 bridgehead atoms. The van der Waals surface area contributed by atoms with Gasteiger partial charge in [-0.2, -0.15) is 0 Å². The molecule has 5 heteroatoms. The van der Waals surface area contributed by atoms with Gasteiger partial charge in [0.15, 0.2) is 0 Å². The summed E-state index contributed by atoms with van der Waals surface area (Å²) < 4.78 is 5.23. The zero-order valence-electron chi connectivity index (χ0n) is 6.50. The third-order valence-corrected chi connectivity index (χ3v) is 2.84. The Balaban J connectivity index is 2.18. The second-order valence-corrected chi connectivity index (χ2v) is 3.47. The topological polar surface area (TPSA) is 95.9 Å². The fraction of sp³-hybridized carbons (Fsp3) is 1.00. The fourth-order valence-corrected chi connectivity index (χ4v) is 2.09. The van der Waals surface area contributed by atoms with Crippen LogP contribution in [0.4, 0.5) is 0 Å². The van der Waals surface area contributed by atoms with E-state index in [0.717, 1.165) is 0 Å². The van der Waals surface area contributed by atoms with E-state index in [2.05, 4.69) is 0 Å². The van der Waals surface area contributed by atoms with Gasteiger partial charge in [-0.05, 0) is 0 Å². The van der Waals surface area contributed by atoms with Crippen LogP contribution < -0.4 is 5.73 Å². The summed E-state index contributed by atoms with van der Waals surface area (Å²) in [6, 6.07) is -0.363. The summed E-state index contributed by atoms with van der Waals surface area (Å²) in [4.78, 5) is 0. The molecule has 0 aromatic carbocycles. The highest BCUT2D eigenvalue weighted by Gasteiger charge is 2.57. The zero-order chi connectivity index (χ0) is 8.88. The number of hydrogen-bond acceptors (Lipinski definition) is 5. The standard InChI is InChI=1S/C7H13NO4/c8-3-2(1-9)6-4(10)5(11)7(3)12-6/h2-7,9-11H,1,8H2/t2-,3+,4-,5-,6-,7+/m1/s1. The maximum Gasteiger partial charge on any atom is 0.110 e. The maximum atomic E-state index is 9.37. The van der Waals surface area contributed by atoms with E-state index < -0.39 is 24.4 Å². The predicted octanol–water partition coefficient (Wildman–Crippen LogP) is -2.57. The molecule has 0 unspecified atom stereocenters. The molecule has 70 valence electrons. The monoisotopic (exact) mass is 175 g/mol. The van der Waals surface area contributed by atoms with Crippen molar-refractivity contribution in [2.24, 2.45) is 11.7 Å². The van der Waals surface area contributed by atoms with Crippen molar-refractivity contribution >= 4 is 0 Å². The van der Waals surface area contributed by atoms with Gasteiger partial charge in [-0.1, -0.05) is 0 Å². The van der Waals surface area contributed by atoms with Gasteiger partial charge < -0.3 is 25.8 Å². The number of aliphatic hydroxyl groups excluding tert-OH is 3. The van der Waals surface area contributed by atoms with Crippen molar-refractivity contribution in [1.82, 2.24) is 0 Å². The molecule has 0 aromatic rings. The van der Waals surface area contributed by atoms with Gasteiger partial charge in [0.05, 0.1) is 12.7 Å². The molecule has 0 amide bonds. The molecule has 2 heterocycles. The normalized spacial score (nSPS) is 58.0. The molecule has 5 nitrogen and oxygen atoms in total. The highest BCUT2D eigenvalue weighted by Crippen LogP contribution is 2.38. The van der Waals surface area contributed by atoms with E-state index in [9.17, 15) is 10.2 Å². The van der Waals surface area contributed by atoms with Gasteiger partial charge in [-0.3, -0.25) is 0 Å². The van der Waals surface area contributed by atoms with Crippen LogP contribution in [-0.4, -0.2) is 52.4 Å². The number of nitrogens with two attached hydrogens (primary N) is 1. The van der Waals surface area contributed by atoms with Gasteiger partial charge in [0.2, 0.25) is 0 Å². The summed E-state index contributed by atoms with van der Waals surface area (Å²) in [6.45, 7) is -0.105. The smallest absolute Gasteiger partial charge is 0.110 e. The van der Waals surface area contributed by atoms with Crippen LogP contribution in [0, 0.1) is 5.92 Å². The van der Waals surface area contributed by atoms with Gasteiger partial charge in [-0.25, -0.2) is 0 Å². The maximum absolute atomic E-state index is 9.37. The molecule has 0 aliphatic carbocycles. The minimum absolute atomic E-state index is 0.105. The highest BCUT2D eigenvalue weighted by molar-refractivity contribution is 5.08.